The summed E-state index contributed by atoms with van der Waals surface area (Å²) in [5.74, 6) is -0.0673. The van der Waals surface area contributed by atoms with E-state index in [0.29, 0.717) is 17.1 Å². The zero-order valence-corrected chi connectivity index (χ0v) is 21.4. The molecule has 0 aromatic heterocycles. The summed E-state index contributed by atoms with van der Waals surface area (Å²) in [5.41, 5.74) is 5.32. The number of nitrogens with one attached hydrogen (secondary N) is 1. The highest BCUT2D eigenvalue weighted by Crippen LogP contribution is 2.36. The van der Waals surface area contributed by atoms with Crippen LogP contribution in [0.3, 0.4) is 0 Å². The Labute approximate surface area is 211 Å². The molecule has 6 nitrogen and oxygen atoms in total. The average molecular weight is 501 g/mol. The highest BCUT2D eigenvalue weighted by atomic mass is 32.2. The van der Waals surface area contributed by atoms with Crippen molar-refractivity contribution in [2.75, 3.05) is 23.3 Å². The summed E-state index contributed by atoms with van der Waals surface area (Å²) in [6, 6.07) is 21.9. The smallest absolute Gasteiger partial charge is 0.264 e. The van der Waals surface area contributed by atoms with Crippen molar-refractivity contribution in [2.24, 2.45) is 0 Å². The molecule has 7 heteroatoms. The topological polar surface area (TPSA) is 75.7 Å². The van der Waals surface area contributed by atoms with E-state index in [1.165, 1.54) is 23.6 Å². The van der Waals surface area contributed by atoms with Crippen LogP contribution in [0.1, 0.15) is 22.3 Å². The van der Waals surface area contributed by atoms with Crippen molar-refractivity contribution in [3.63, 3.8) is 0 Å². The number of anilines is 2. The van der Waals surface area contributed by atoms with Gasteiger partial charge in [-0.05, 0) is 79.1 Å². The molecule has 0 saturated heterocycles. The Bertz CT molecular complexity index is 1570. The summed E-state index contributed by atoms with van der Waals surface area (Å²) in [4.78, 5) is 13.5. The maximum atomic E-state index is 13.8. The van der Waals surface area contributed by atoms with Gasteiger partial charge in [0.2, 0.25) is 5.91 Å². The maximum Gasteiger partial charge on any atom is 0.264 e. The average Bonchev–Trinajstić information content (AvgIpc) is 3.29. The third-order valence-corrected chi connectivity index (χ3v) is 8.42. The molecule has 0 saturated carbocycles. The van der Waals surface area contributed by atoms with Gasteiger partial charge in [0.15, 0.2) is 0 Å². The van der Waals surface area contributed by atoms with Gasteiger partial charge in [-0.2, -0.15) is 0 Å². The Morgan fingerprint density at radius 1 is 0.917 bits per heavy atom. The first-order chi connectivity index (χ1) is 17.3. The van der Waals surface area contributed by atoms with E-state index in [-0.39, 0.29) is 4.90 Å². The molecule has 0 unspecified atom stereocenters. The summed E-state index contributed by atoms with van der Waals surface area (Å²) in [5, 5.41) is 5.12. The minimum Gasteiger partial charge on any atom is -0.495 e. The number of hydrogen-bond donors (Lipinski definition) is 1. The fourth-order valence-corrected chi connectivity index (χ4v) is 6.23. The Morgan fingerprint density at radius 3 is 2.33 bits per heavy atom. The molecule has 184 valence electrons. The first-order valence-electron chi connectivity index (χ1n) is 11.9. The summed E-state index contributed by atoms with van der Waals surface area (Å²) in [7, 11) is -2.58. The molecule has 0 spiro atoms. The fraction of sp³-hybridized carbons (Fsp3) is 0.207. The molecule has 1 aliphatic rings. The molecular formula is C29H28N2O4S. The van der Waals surface area contributed by atoms with Crippen molar-refractivity contribution in [3.05, 3.63) is 95.1 Å². The highest BCUT2D eigenvalue weighted by Gasteiger charge is 2.30. The number of benzene rings is 4. The van der Waals surface area contributed by atoms with Crippen LogP contribution in [0, 0.1) is 13.8 Å². The Balaban J connectivity index is 1.54. The molecule has 5 rings (SSSR count). The number of nitrogens with zero attached hydrogens (tertiary/aromatic N) is 1. The van der Waals surface area contributed by atoms with Gasteiger partial charge in [-0.1, -0.05) is 48.0 Å². The van der Waals surface area contributed by atoms with E-state index in [9.17, 15) is 13.2 Å². The van der Waals surface area contributed by atoms with E-state index in [4.69, 9.17) is 4.74 Å². The summed E-state index contributed by atoms with van der Waals surface area (Å²) in [6.45, 7) is 3.36. The molecule has 0 radical (unpaired) electrons. The zero-order valence-electron chi connectivity index (χ0n) is 20.5. The van der Waals surface area contributed by atoms with Crippen LogP contribution in [0.2, 0.25) is 0 Å². The van der Waals surface area contributed by atoms with Crippen molar-refractivity contribution in [2.45, 2.75) is 31.6 Å². The Morgan fingerprint density at radius 2 is 1.61 bits per heavy atom. The molecule has 1 N–H and O–H groups in total. The van der Waals surface area contributed by atoms with Crippen LogP contribution in [0.5, 0.6) is 5.75 Å². The lowest BCUT2D eigenvalue weighted by Gasteiger charge is -2.26. The van der Waals surface area contributed by atoms with Gasteiger partial charge in [0.1, 0.15) is 12.3 Å². The monoisotopic (exact) mass is 500 g/mol. The summed E-state index contributed by atoms with van der Waals surface area (Å²) in [6.07, 6.45) is 1.97. The Kier molecular flexibility index (Phi) is 6.18. The largest absolute Gasteiger partial charge is 0.495 e. The molecule has 1 amide bonds. The van der Waals surface area contributed by atoms with Crippen LogP contribution in [0.25, 0.3) is 10.8 Å². The fourth-order valence-electron chi connectivity index (χ4n) is 4.81. The van der Waals surface area contributed by atoms with Crippen LogP contribution in [-0.2, 0) is 27.7 Å². The van der Waals surface area contributed by atoms with Crippen LogP contribution >= 0.6 is 0 Å². The van der Waals surface area contributed by atoms with E-state index in [1.807, 2.05) is 44.2 Å². The normalized spacial score (nSPS) is 12.5. The molecule has 0 fully saturated rings. The van der Waals surface area contributed by atoms with E-state index in [1.54, 1.807) is 36.4 Å². The molecule has 4 aromatic carbocycles. The van der Waals surface area contributed by atoms with Crippen LogP contribution < -0.4 is 14.4 Å². The molecule has 1 aliphatic carbocycles. The SMILES string of the molecule is COc1ccc(C)cc1N(CC(=O)Nc1ccc2c3c(cccc13)CC2)S(=O)(=O)c1ccc(C)cc1. The molecule has 4 aromatic rings. The number of methoxy groups -OCH3 is 1. The van der Waals surface area contributed by atoms with E-state index >= 15 is 0 Å². The summed E-state index contributed by atoms with van der Waals surface area (Å²) >= 11 is 0. The lowest BCUT2D eigenvalue weighted by Crippen LogP contribution is -2.38. The summed E-state index contributed by atoms with van der Waals surface area (Å²) < 4.78 is 34.2. The van der Waals surface area contributed by atoms with Crippen LogP contribution in [-0.4, -0.2) is 28.0 Å². The standard InChI is InChI=1S/C29H28N2O4S/c1-19-7-13-23(14-8-19)36(33,34)31(26-17-20(2)9-16-27(26)35-3)18-28(32)30-25-15-12-22-11-10-21-5-4-6-24(25)29(21)22/h4-9,12-17H,10-11,18H2,1-3H3,(H,30,32). The zero-order chi connectivity index (χ0) is 25.4. The molecule has 0 atom stereocenters. The third kappa shape index (κ3) is 4.31. The highest BCUT2D eigenvalue weighted by molar-refractivity contribution is 7.92. The van der Waals surface area contributed by atoms with Crippen LogP contribution in [0.4, 0.5) is 11.4 Å². The van der Waals surface area contributed by atoms with Crippen LogP contribution in [0.15, 0.2) is 77.7 Å². The van der Waals surface area contributed by atoms with E-state index in [2.05, 4.69) is 11.4 Å². The van der Waals surface area contributed by atoms with Gasteiger partial charge in [0.25, 0.3) is 10.0 Å². The second-order valence-electron chi connectivity index (χ2n) is 9.16. The number of aryl methyl sites for hydroxylation is 4. The van der Waals surface area contributed by atoms with Gasteiger partial charge >= 0.3 is 0 Å². The second kappa shape index (κ2) is 9.32. The van der Waals surface area contributed by atoms with Crippen molar-refractivity contribution in [1.29, 1.82) is 0 Å². The van der Waals surface area contributed by atoms with Gasteiger partial charge in [-0.15, -0.1) is 0 Å². The molecule has 0 heterocycles. The molecule has 0 bridgehead atoms. The number of hydrogen-bond acceptors (Lipinski definition) is 4. The first-order valence-corrected chi connectivity index (χ1v) is 13.3. The quantitative estimate of drug-likeness (QED) is 0.369. The van der Waals surface area contributed by atoms with Gasteiger partial charge in [0.05, 0.1) is 17.7 Å². The molecular weight excluding hydrogens is 472 g/mol. The first kappa shape index (κ1) is 23.9. The van der Waals surface area contributed by atoms with Crippen molar-refractivity contribution in [1.82, 2.24) is 0 Å². The van der Waals surface area contributed by atoms with E-state index in [0.717, 1.165) is 33.7 Å². The number of amides is 1. The lowest BCUT2D eigenvalue weighted by molar-refractivity contribution is -0.114. The van der Waals surface area contributed by atoms with Gasteiger partial charge in [-0.25, -0.2) is 8.42 Å². The van der Waals surface area contributed by atoms with Gasteiger partial charge < -0.3 is 10.1 Å². The van der Waals surface area contributed by atoms with Gasteiger partial charge in [-0.3, -0.25) is 9.10 Å². The minimum atomic E-state index is -4.06. The predicted molar refractivity (Wildman–Crippen MR) is 143 cm³/mol. The van der Waals surface area contributed by atoms with Crippen molar-refractivity contribution < 1.29 is 17.9 Å². The maximum absolute atomic E-state index is 13.8. The number of rotatable bonds is 7. The molecule has 36 heavy (non-hydrogen) atoms. The minimum absolute atomic E-state index is 0.106. The van der Waals surface area contributed by atoms with Crippen molar-refractivity contribution in [3.8, 4) is 5.75 Å². The number of carbonyl (C=O) groups is 1. The van der Waals surface area contributed by atoms with Gasteiger partial charge in [0, 0.05) is 11.1 Å². The molecule has 0 aliphatic heterocycles. The Hall–Kier alpha value is -3.84. The van der Waals surface area contributed by atoms with E-state index < -0.39 is 22.5 Å². The third-order valence-electron chi connectivity index (χ3n) is 6.65. The number of sulfonamides is 1. The number of ether oxygens (including phenoxy) is 1. The lowest BCUT2D eigenvalue weighted by atomic mass is 10.0. The van der Waals surface area contributed by atoms with Crippen molar-refractivity contribution >= 4 is 38.1 Å². The number of carbonyl (C=O) groups excluding carboxylic acids is 1. The predicted octanol–water partition coefficient (Wildman–Crippen LogP) is 5.40. The second-order valence-corrected chi connectivity index (χ2v) is 11.0.